The molecule has 1 aliphatic heterocycles. The van der Waals surface area contributed by atoms with Crippen LogP contribution >= 0.6 is 15.9 Å². The van der Waals surface area contributed by atoms with Crippen LogP contribution in [0.15, 0.2) is 22.7 Å². The van der Waals surface area contributed by atoms with Crippen LogP contribution in [0, 0.1) is 6.92 Å². The molecule has 0 aromatic heterocycles. The maximum Gasteiger partial charge on any atom is 0.225 e. The normalized spacial score (nSPS) is 24.1. The Hall–Kier alpha value is -0.870. The summed E-state index contributed by atoms with van der Waals surface area (Å²) in [6, 6.07) is 6.27. The van der Waals surface area contributed by atoms with Crippen molar-refractivity contribution in [1.29, 1.82) is 0 Å². The second-order valence-electron chi connectivity index (χ2n) is 5.22. The van der Waals surface area contributed by atoms with E-state index in [9.17, 15) is 4.79 Å². The number of hydrogen-bond acceptors (Lipinski definition) is 2. The van der Waals surface area contributed by atoms with Crippen LogP contribution in [-0.4, -0.2) is 22.9 Å². The van der Waals surface area contributed by atoms with E-state index >= 15 is 0 Å². The third-order valence-electron chi connectivity index (χ3n) is 3.48. The van der Waals surface area contributed by atoms with E-state index in [0.29, 0.717) is 6.42 Å². The Labute approximate surface area is 116 Å². The maximum atomic E-state index is 12.0. The van der Waals surface area contributed by atoms with Gasteiger partial charge in [-0.25, -0.2) is 0 Å². The Morgan fingerprint density at radius 1 is 1.44 bits per heavy atom. The van der Waals surface area contributed by atoms with E-state index in [0.717, 1.165) is 10.0 Å². The van der Waals surface area contributed by atoms with Crippen molar-refractivity contribution < 1.29 is 4.79 Å². The van der Waals surface area contributed by atoms with Gasteiger partial charge in [-0.3, -0.25) is 4.79 Å². The molecule has 0 bridgehead atoms. The van der Waals surface area contributed by atoms with Crippen LogP contribution in [0.3, 0.4) is 0 Å². The lowest BCUT2D eigenvalue weighted by atomic mass is 9.98. The van der Waals surface area contributed by atoms with Crippen LogP contribution in [0.4, 0.5) is 0 Å². The van der Waals surface area contributed by atoms with Gasteiger partial charge in [0.05, 0.1) is 6.04 Å². The Kier molecular flexibility index (Phi) is 3.78. The Bertz CT molecular complexity index is 473. The lowest BCUT2D eigenvalue weighted by molar-refractivity contribution is -0.130. The topological polar surface area (TPSA) is 46.3 Å². The first-order valence-electron chi connectivity index (χ1n) is 6.24. The second kappa shape index (κ2) is 5.02. The van der Waals surface area contributed by atoms with Crippen LogP contribution < -0.4 is 5.73 Å². The van der Waals surface area contributed by atoms with Crippen molar-refractivity contribution in [3.63, 3.8) is 0 Å². The molecule has 2 unspecified atom stereocenters. The molecule has 1 fully saturated rings. The van der Waals surface area contributed by atoms with Gasteiger partial charge in [0.25, 0.3) is 0 Å². The number of amides is 1. The number of aryl methyl sites for hydroxylation is 1. The summed E-state index contributed by atoms with van der Waals surface area (Å²) in [6.45, 7) is 6.12. The smallest absolute Gasteiger partial charge is 0.225 e. The fourth-order valence-corrected chi connectivity index (χ4v) is 2.90. The van der Waals surface area contributed by atoms with Crippen LogP contribution in [-0.2, 0) is 4.79 Å². The highest BCUT2D eigenvalue weighted by molar-refractivity contribution is 9.10. The van der Waals surface area contributed by atoms with Gasteiger partial charge in [-0.15, -0.1) is 0 Å². The fourth-order valence-electron chi connectivity index (χ4n) is 2.65. The van der Waals surface area contributed by atoms with Gasteiger partial charge in [0, 0.05) is 23.0 Å². The molecular formula is C14H19BrN2O. The number of carbonyl (C=O) groups excluding carboxylic acids is 1. The number of nitrogens with two attached hydrogens (primary N) is 1. The molecule has 2 rings (SSSR count). The number of hydrogen-bond donors (Lipinski definition) is 1. The molecule has 1 heterocycles. The highest BCUT2D eigenvalue weighted by atomic mass is 79.9. The molecule has 1 aliphatic rings. The van der Waals surface area contributed by atoms with Gasteiger partial charge in [0.1, 0.15) is 0 Å². The quantitative estimate of drug-likeness (QED) is 0.913. The van der Waals surface area contributed by atoms with Crippen molar-refractivity contribution in [2.75, 3.05) is 0 Å². The van der Waals surface area contributed by atoms with Gasteiger partial charge in [0.2, 0.25) is 5.91 Å². The molecule has 98 valence electrons. The predicted molar refractivity (Wildman–Crippen MR) is 76.2 cm³/mol. The van der Waals surface area contributed by atoms with Crippen LogP contribution in [0.5, 0.6) is 0 Å². The number of benzene rings is 1. The maximum absolute atomic E-state index is 12.0. The van der Waals surface area contributed by atoms with Crippen molar-refractivity contribution in [3.05, 3.63) is 33.8 Å². The molecule has 0 saturated carbocycles. The standard InChI is InChI=1S/C14H19BrN2O/c1-8(2)17-13(18)7-12(16)14(17)10-4-5-11(15)9(3)6-10/h4-6,8,12,14H,7,16H2,1-3H3. The van der Waals surface area contributed by atoms with E-state index in [1.54, 1.807) is 0 Å². The number of likely N-dealkylation sites (tertiary alicyclic amines) is 1. The monoisotopic (exact) mass is 310 g/mol. The number of rotatable bonds is 2. The largest absolute Gasteiger partial charge is 0.332 e. The minimum Gasteiger partial charge on any atom is -0.332 e. The molecule has 0 spiro atoms. The third kappa shape index (κ3) is 2.31. The second-order valence-corrected chi connectivity index (χ2v) is 6.07. The van der Waals surface area contributed by atoms with Gasteiger partial charge in [-0.05, 0) is 38.0 Å². The zero-order valence-corrected chi connectivity index (χ0v) is 12.6. The predicted octanol–water partition coefficient (Wildman–Crippen LogP) is 2.77. The first kappa shape index (κ1) is 13.6. The average molecular weight is 311 g/mol. The van der Waals surface area contributed by atoms with E-state index in [4.69, 9.17) is 5.73 Å². The van der Waals surface area contributed by atoms with Gasteiger partial charge in [-0.2, -0.15) is 0 Å². The molecule has 1 saturated heterocycles. The van der Waals surface area contributed by atoms with Crippen molar-refractivity contribution in [2.24, 2.45) is 5.73 Å². The van der Waals surface area contributed by atoms with E-state index in [-0.39, 0.29) is 24.0 Å². The van der Waals surface area contributed by atoms with E-state index in [2.05, 4.69) is 35.0 Å². The fraction of sp³-hybridized carbons (Fsp3) is 0.500. The van der Waals surface area contributed by atoms with Crippen molar-refractivity contribution in [2.45, 2.75) is 45.3 Å². The van der Waals surface area contributed by atoms with E-state index < -0.39 is 0 Å². The summed E-state index contributed by atoms with van der Waals surface area (Å²) in [7, 11) is 0. The highest BCUT2D eigenvalue weighted by Gasteiger charge is 2.39. The summed E-state index contributed by atoms with van der Waals surface area (Å²) in [5.41, 5.74) is 8.44. The Morgan fingerprint density at radius 2 is 2.11 bits per heavy atom. The lowest BCUT2D eigenvalue weighted by Gasteiger charge is -2.31. The van der Waals surface area contributed by atoms with Crippen molar-refractivity contribution >= 4 is 21.8 Å². The SMILES string of the molecule is Cc1cc(C2C(N)CC(=O)N2C(C)C)ccc1Br. The average Bonchev–Trinajstić information content (AvgIpc) is 2.57. The molecule has 3 nitrogen and oxygen atoms in total. The van der Waals surface area contributed by atoms with Gasteiger partial charge in [0.15, 0.2) is 0 Å². The number of halogens is 1. The molecule has 2 atom stereocenters. The summed E-state index contributed by atoms with van der Waals surface area (Å²) in [5.74, 6) is 0.156. The van der Waals surface area contributed by atoms with E-state index in [1.807, 2.05) is 24.8 Å². The summed E-state index contributed by atoms with van der Waals surface area (Å²) in [5, 5.41) is 0. The van der Waals surface area contributed by atoms with Crippen LogP contribution in [0.2, 0.25) is 0 Å². The summed E-state index contributed by atoms with van der Waals surface area (Å²) >= 11 is 3.50. The molecule has 18 heavy (non-hydrogen) atoms. The van der Waals surface area contributed by atoms with Gasteiger partial charge in [-0.1, -0.05) is 28.1 Å². The van der Waals surface area contributed by atoms with E-state index in [1.165, 1.54) is 5.56 Å². The Balaban J connectivity index is 2.40. The number of nitrogens with zero attached hydrogens (tertiary/aromatic N) is 1. The zero-order chi connectivity index (χ0) is 13.4. The lowest BCUT2D eigenvalue weighted by Crippen LogP contribution is -2.37. The summed E-state index contributed by atoms with van der Waals surface area (Å²) < 4.78 is 1.08. The Morgan fingerprint density at radius 3 is 2.67 bits per heavy atom. The van der Waals surface area contributed by atoms with Crippen molar-refractivity contribution in [1.82, 2.24) is 4.90 Å². The summed E-state index contributed by atoms with van der Waals surface area (Å²) in [6.07, 6.45) is 0.442. The molecule has 1 amide bonds. The van der Waals surface area contributed by atoms with Crippen LogP contribution in [0.25, 0.3) is 0 Å². The summed E-state index contributed by atoms with van der Waals surface area (Å²) in [4.78, 5) is 13.9. The minimum absolute atomic E-state index is 0.00398. The third-order valence-corrected chi connectivity index (χ3v) is 4.37. The minimum atomic E-state index is -0.111. The molecule has 0 radical (unpaired) electrons. The van der Waals surface area contributed by atoms with Gasteiger partial charge >= 0.3 is 0 Å². The number of carbonyl (C=O) groups is 1. The van der Waals surface area contributed by atoms with Crippen LogP contribution in [0.1, 0.15) is 37.4 Å². The molecule has 2 N–H and O–H groups in total. The molecule has 0 aliphatic carbocycles. The molecule has 4 heteroatoms. The molecule has 1 aromatic carbocycles. The van der Waals surface area contributed by atoms with Gasteiger partial charge < -0.3 is 10.6 Å². The first-order chi connectivity index (χ1) is 8.41. The molecule has 1 aromatic rings. The molecular weight excluding hydrogens is 292 g/mol. The first-order valence-corrected chi connectivity index (χ1v) is 7.04. The highest BCUT2D eigenvalue weighted by Crippen LogP contribution is 2.35. The zero-order valence-electron chi connectivity index (χ0n) is 11.0. The van der Waals surface area contributed by atoms with Crippen molar-refractivity contribution in [3.8, 4) is 0 Å².